The molecule has 0 spiro atoms. The highest BCUT2D eigenvalue weighted by molar-refractivity contribution is 7.92. The highest BCUT2D eigenvalue weighted by atomic mass is 35.5. The predicted molar refractivity (Wildman–Crippen MR) is 157 cm³/mol. The van der Waals surface area contributed by atoms with Crippen molar-refractivity contribution < 1.29 is 18.0 Å². The lowest BCUT2D eigenvalue weighted by Crippen LogP contribution is -2.52. The number of hydrogen-bond acceptors (Lipinski definition) is 4. The molecule has 0 aliphatic carbocycles. The number of likely N-dealkylation sites (N-methyl/N-ethyl adjacent to an activating group) is 1. The van der Waals surface area contributed by atoms with E-state index in [4.69, 9.17) is 23.2 Å². The van der Waals surface area contributed by atoms with Crippen molar-refractivity contribution in [3.8, 4) is 0 Å². The molecule has 0 radical (unpaired) electrons. The largest absolute Gasteiger partial charge is 0.355 e. The third kappa shape index (κ3) is 7.53. The first kappa shape index (κ1) is 30.5. The molecule has 3 aromatic rings. The highest BCUT2D eigenvalue weighted by Gasteiger charge is 2.34. The van der Waals surface area contributed by atoms with Gasteiger partial charge in [0.2, 0.25) is 11.8 Å². The van der Waals surface area contributed by atoms with Crippen LogP contribution >= 0.6 is 23.2 Å². The number of halogens is 2. The zero-order valence-electron chi connectivity index (χ0n) is 22.4. The number of sulfonamides is 1. The second kappa shape index (κ2) is 13.3. The molecule has 0 aromatic heterocycles. The van der Waals surface area contributed by atoms with Crippen molar-refractivity contribution in [2.75, 3.05) is 17.4 Å². The summed E-state index contributed by atoms with van der Waals surface area (Å²) in [6.07, 6.45) is 0.339. The minimum absolute atomic E-state index is 0.00190. The fraction of sp³-hybridized carbons (Fsp3) is 0.310. The summed E-state index contributed by atoms with van der Waals surface area (Å²) in [5.41, 5.74) is 2.77. The molecule has 7 nitrogen and oxygen atoms in total. The number of anilines is 1. The van der Waals surface area contributed by atoms with Gasteiger partial charge in [0.05, 0.1) is 15.6 Å². The molecule has 0 saturated heterocycles. The van der Waals surface area contributed by atoms with Crippen LogP contribution in [-0.2, 0) is 26.2 Å². The Morgan fingerprint density at radius 2 is 1.62 bits per heavy atom. The number of rotatable bonds is 11. The van der Waals surface area contributed by atoms with Crippen molar-refractivity contribution in [3.05, 3.63) is 93.5 Å². The van der Waals surface area contributed by atoms with Gasteiger partial charge >= 0.3 is 0 Å². The van der Waals surface area contributed by atoms with E-state index in [1.807, 2.05) is 45.0 Å². The zero-order valence-corrected chi connectivity index (χ0v) is 24.8. The number of carbonyl (C=O) groups excluding carboxylic acids is 2. The second-order valence-electron chi connectivity index (χ2n) is 9.25. The maximum Gasteiger partial charge on any atom is 0.264 e. The van der Waals surface area contributed by atoms with Crippen molar-refractivity contribution in [2.24, 2.45) is 0 Å². The molecule has 2 amide bonds. The van der Waals surface area contributed by atoms with Crippen LogP contribution < -0.4 is 9.62 Å². The van der Waals surface area contributed by atoms with Crippen molar-refractivity contribution in [3.63, 3.8) is 0 Å². The Balaban J connectivity index is 2.11. The number of amides is 2. The molecule has 1 atom stereocenters. The second-order valence-corrected chi connectivity index (χ2v) is 12.0. The number of nitrogens with one attached hydrogen (secondary N) is 1. The molecule has 0 aliphatic heterocycles. The van der Waals surface area contributed by atoms with Crippen LogP contribution in [0, 0.1) is 13.8 Å². The van der Waals surface area contributed by atoms with Gasteiger partial charge in [-0.25, -0.2) is 8.42 Å². The lowest BCUT2D eigenvalue weighted by Gasteiger charge is -2.33. The maximum absolute atomic E-state index is 14.0. The molecule has 39 heavy (non-hydrogen) atoms. The lowest BCUT2D eigenvalue weighted by molar-refractivity contribution is -0.140. The normalized spacial score (nSPS) is 12.1. The molecular weight excluding hydrogens is 557 g/mol. The summed E-state index contributed by atoms with van der Waals surface area (Å²) in [6, 6.07) is 17.6. The van der Waals surface area contributed by atoms with Gasteiger partial charge in [0, 0.05) is 18.1 Å². The quantitative estimate of drug-likeness (QED) is 0.308. The van der Waals surface area contributed by atoms with Crippen LogP contribution in [0.4, 0.5) is 5.69 Å². The van der Waals surface area contributed by atoms with Gasteiger partial charge in [0.1, 0.15) is 12.6 Å². The monoisotopic (exact) mass is 589 g/mol. The first-order valence-electron chi connectivity index (χ1n) is 12.6. The number of carbonyl (C=O) groups is 2. The first-order chi connectivity index (χ1) is 18.5. The van der Waals surface area contributed by atoms with Gasteiger partial charge in [-0.3, -0.25) is 13.9 Å². The summed E-state index contributed by atoms with van der Waals surface area (Å²) < 4.78 is 28.8. The molecule has 0 aliphatic rings. The zero-order chi connectivity index (χ0) is 28.7. The topological polar surface area (TPSA) is 86.8 Å². The van der Waals surface area contributed by atoms with E-state index in [9.17, 15) is 18.0 Å². The van der Waals surface area contributed by atoms with Gasteiger partial charge in [0.25, 0.3) is 10.0 Å². The molecule has 0 unspecified atom stereocenters. The van der Waals surface area contributed by atoms with Crippen molar-refractivity contribution in [1.82, 2.24) is 10.2 Å². The fourth-order valence-electron chi connectivity index (χ4n) is 4.25. The summed E-state index contributed by atoms with van der Waals surface area (Å²) in [4.78, 5) is 28.4. The lowest BCUT2D eigenvalue weighted by atomic mass is 10.1. The van der Waals surface area contributed by atoms with E-state index < -0.39 is 28.5 Å². The molecular formula is C29H33Cl2N3O4S. The number of hydrogen-bond donors (Lipinski definition) is 1. The summed E-state index contributed by atoms with van der Waals surface area (Å²) in [5.74, 6) is -0.865. The van der Waals surface area contributed by atoms with Crippen LogP contribution in [0.25, 0.3) is 0 Å². The van der Waals surface area contributed by atoms with E-state index >= 15 is 0 Å². The Morgan fingerprint density at radius 3 is 2.23 bits per heavy atom. The van der Waals surface area contributed by atoms with Crippen LogP contribution in [0.1, 0.15) is 37.0 Å². The van der Waals surface area contributed by atoms with Crippen LogP contribution in [-0.4, -0.2) is 44.3 Å². The maximum atomic E-state index is 14.0. The third-order valence-corrected chi connectivity index (χ3v) is 8.57. The third-order valence-electron chi connectivity index (χ3n) is 6.24. The van der Waals surface area contributed by atoms with Crippen molar-refractivity contribution in [1.29, 1.82) is 0 Å². The molecule has 3 rings (SSSR count). The van der Waals surface area contributed by atoms with Gasteiger partial charge in [-0.15, -0.1) is 0 Å². The molecule has 208 valence electrons. The SMILES string of the molecule is CCNC(=O)[C@@H](CC)N(Cc1cccc(C)c1)C(=O)CN(c1cc(Cl)ccc1Cl)S(=O)(=O)c1ccc(C)cc1. The average Bonchev–Trinajstić information content (AvgIpc) is 2.89. The van der Waals surface area contributed by atoms with E-state index in [0.717, 1.165) is 21.0 Å². The first-order valence-corrected chi connectivity index (χ1v) is 14.8. The van der Waals surface area contributed by atoms with Gasteiger partial charge in [-0.2, -0.15) is 0 Å². The Hall–Kier alpha value is -3.07. The van der Waals surface area contributed by atoms with E-state index in [1.54, 1.807) is 19.1 Å². The molecule has 1 N–H and O–H groups in total. The predicted octanol–water partition coefficient (Wildman–Crippen LogP) is 5.75. The number of benzene rings is 3. The van der Waals surface area contributed by atoms with Crippen LogP contribution in [0.5, 0.6) is 0 Å². The molecule has 0 bridgehead atoms. The number of aryl methyl sites for hydroxylation is 2. The highest BCUT2D eigenvalue weighted by Crippen LogP contribution is 2.33. The Bertz CT molecular complexity index is 1430. The Labute approximate surface area is 240 Å². The van der Waals surface area contributed by atoms with E-state index in [2.05, 4.69) is 5.32 Å². The Kier molecular flexibility index (Phi) is 10.4. The standard InChI is InChI=1S/C29H33Cl2N3O4S/c1-5-26(29(36)32-6-2)33(18-22-9-7-8-21(4)16-22)28(35)19-34(27-17-23(30)12-15-25(27)31)39(37,38)24-13-10-20(3)11-14-24/h7-17,26H,5-6,18-19H2,1-4H3,(H,32,36)/t26-/m1/s1. The summed E-state index contributed by atoms with van der Waals surface area (Å²) >= 11 is 12.7. The van der Waals surface area contributed by atoms with E-state index in [-0.39, 0.29) is 33.1 Å². The summed E-state index contributed by atoms with van der Waals surface area (Å²) in [6.45, 7) is 7.33. The van der Waals surface area contributed by atoms with Crippen LogP contribution in [0.15, 0.2) is 71.6 Å². The Morgan fingerprint density at radius 1 is 0.923 bits per heavy atom. The van der Waals surface area contributed by atoms with Crippen LogP contribution in [0.3, 0.4) is 0 Å². The van der Waals surface area contributed by atoms with Gasteiger partial charge < -0.3 is 10.2 Å². The minimum Gasteiger partial charge on any atom is -0.355 e. The van der Waals surface area contributed by atoms with Gasteiger partial charge in [-0.1, -0.05) is 77.7 Å². The average molecular weight is 591 g/mol. The van der Waals surface area contributed by atoms with Crippen LogP contribution in [0.2, 0.25) is 10.0 Å². The minimum atomic E-state index is -4.24. The molecule has 0 saturated carbocycles. The fourth-order valence-corrected chi connectivity index (χ4v) is 6.11. The molecule has 0 heterocycles. The van der Waals surface area contributed by atoms with Crippen molar-refractivity contribution >= 4 is 50.7 Å². The van der Waals surface area contributed by atoms with Gasteiger partial charge in [0.15, 0.2) is 0 Å². The smallest absolute Gasteiger partial charge is 0.264 e. The summed E-state index contributed by atoms with van der Waals surface area (Å²) in [5, 5.41) is 3.16. The number of nitrogens with zero attached hydrogens (tertiary/aromatic N) is 2. The molecule has 3 aromatic carbocycles. The van der Waals surface area contributed by atoms with Gasteiger partial charge in [-0.05, 0) is 63.1 Å². The van der Waals surface area contributed by atoms with E-state index in [1.165, 1.54) is 35.2 Å². The molecule has 10 heteroatoms. The van der Waals surface area contributed by atoms with Crippen molar-refractivity contribution in [2.45, 2.75) is 51.6 Å². The molecule has 0 fully saturated rings. The van der Waals surface area contributed by atoms with E-state index in [0.29, 0.717) is 13.0 Å². The summed E-state index contributed by atoms with van der Waals surface area (Å²) in [7, 11) is -4.24.